The first-order chi connectivity index (χ1) is 11.1. The molecule has 3 rings (SSSR count). The average molecular weight is 310 g/mol. The molecule has 0 aliphatic carbocycles. The minimum Gasteiger partial charge on any atom is -0.310 e. The van der Waals surface area contributed by atoms with Gasteiger partial charge in [-0.15, -0.1) is 0 Å². The largest absolute Gasteiger partial charge is 0.310 e. The normalized spacial score (nSPS) is 12.4. The van der Waals surface area contributed by atoms with Gasteiger partial charge in [-0.05, 0) is 24.6 Å². The molecule has 0 amide bonds. The lowest BCUT2D eigenvalue weighted by atomic mass is 10.1. The fourth-order valence-electron chi connectivity index (χ4n) is 2.53. The SMILES string of the molecule is C[C@H](NCCc1cn2ccccc2n1)c1ccc([N+](=O)[O-])cc1. The van der Waals surface area contributed by atoms with Crippen LogP contribution >= 0.6 is 0 Å². The van der Waals surface area contributed by atoms with Crippen molar-refractivity contribution >= 4 is 11.3 Å². The van der Waals surface area contributed by atoms with E-state index in [4.69, 9.17) is 0 Å². The molecule has 0 aliphatic heterocycles. The summed E-state index contributed by atoms with van der Waals surface area (Å²) in [6.07, 6.45) is 4.85. The molecule has 1 N–H and O–H groups in total. The highest BCUT2D eigenvalue weighted by Gasteiger charge is 2.09. The third kappa shape index (κ3) is 3.54. The molecule has 0 saturated carbocycles. The van der Waals surface area contributed by atoms with Gasteiger partial charge in [-0.25, -0.2) is 4.98 Å². The van der Waals surface area contributed by atoms with Crippen molar-refractivity contribution in [3.05, 3.63) is 76.2 Å². The Morgan fingerprint density at radius 3 is 2.74 bits per heavy atom. The zero-order valence-corrected chi connectivity index (χ0v) is 12.8. The van der Waals surface area contributed by atoms with E-state index in [1.807, 2.05) is 41.9 Å². The number of nitrogens with zero attached hydrogens (tertiary/aromatic N) is 3. The number of aromatic nitrogens is 2. The quantitative estimate of drug-likeness (QED) is 0.561. The minimum absolute atomic E-state index is 0.116. The van der Waals surface area contributed by atoms with Gasteiger partial charge in [0.25, 0.3) is 5.69 Å². The number of fused-ring (bicyclic) bond motifs is 1. The van der Waals surface area contributed by atoms with Crippen molar-refractivity contribution in [1.29, 1.82) is 0 Å². The minimum atomic E-state index is -0.384. The van der Waals surface area contributed by atoms with E-state index in [1.54, 1.807) is 12.1 Å². The molecule has 0 spiro atoms. The molecule has 0 saturated heterocycles. The van der Waals surface area contributed by atoms with Crippen LogP contribution in [0.1, 0.15) is 24.2 Å². The number of pyridine rings is 1. The number of nitro benzene ring substituents is 1. The Morgan fingerprint density at radius 1 is 1.26 bits per heavy atom. The Balaban J connectivity index is 1.56. The van der Waals surface area contributed by atoms with Crippen LogP contribution in [0.5, 0.6) is 0 Å². The maximum Gasteiger partial charge on any atom is 0.269 e. The summed E-state index contributed by atoms with van der Waals surface area (Å²) in [4.78, 5) is 14.8. The van der Waals surface area contributed by atoms with Crippen LogP contribution in [0.15, 0.2) is 54.9 Å². The van der Waals surface area contributed by atoms with Gasteiger partial charge >= 0.3 is 0 Å². The summed E-state index contributed by atoms with van der Waals surface area (Å²) in [7, 11) is 0. The first-order valence-corrected chi connectivity index (χ1v) is 7.54. The van der Waals surface area contributed by atoms with Gasteiger partial charge in [0, 0.05) is 43.5 Å². The topological polar surface area (TPSA) is 72.5 Å². The molecule has 1 atom stereocenters. The molecule has 3 aromatic rings. The molecule has 6 heteroatoms. The van der Waals surface area contributed by atoms with E-state index >= 15 is 0 Å². The Labute approximate surface area is 133 Å². The highest BCUT2D eigenvalue weighted by Crippen LogP contribution is 2.17. The van der Waals surface area contributed by atoms with Gasteiger partial charge in [0.05, 0.1) is 10.6 Å². The molecule has 1 aromatic carbocycles. The Kier molecular flexibility index (Phi) is 4.34. The van der Waals surface area contributed by atoms with E-state index in [2.05, 4.69) is 10.3 Å². The molecule has 0 radical (unpaired) electrons. The van der Waals surface area contributed by atoms with Crippen molar-refractivity contribution in [3.8, 4) is 0 Å². The zero-order valence-electron chi connectivity index (χ0n) is 12.8. The molecule has 2 heterocycles. The van der Waals surface area contributed by atoms with E-state index in [0.29, 0.717) is 0 Å². The predicted molar refractivity (Wildman–Crippen MR) is 88.4 cm³/mol. The smallest absolute Gasteiger partial charge is 0.269 e. The monoisotopic (exact) mass is 310 g/mol. The molecular formula is C17H18N4O2. The van der Waals surface area contributed by atoms with E-state index < -0.39 is 0 Å². The van der Waals surface area contributed by atoms with Crippen molar-refractivity contribution in [2.45, 2.75) is 19.4 Å². The van der Waals surface area contributed by atoms with Gasteiger partial charge < -0.3 is 9.72 Å². The molecule has 0 aliphatic rings. The standard InChI is InChI=1S/C17H18N4O2/c1-13(14-5-7-16(8-6-14)21(22)23)18-10-9-15-12-20-11-3-2-4-17(20)19-15/h2-8,11-13,18H,9-10H2,1H3/t13-/m0/s1. The summed E-state index contributed by atoms with van der Waals surface area (Å²) in [6, 6.07) is 12.7. The van der Waals surface area contributed by atoms with Gasteiger partial charge in [-0.2, -0.15) is 0 Å². The number of non-ortho nitro benzene ring substituents is 1. The van der Waals surface area contributed by atoms with Crippen LogP contribution in [0.4, 0.5) is 5.69 Å². The fourth-order valence-corrected chi connectivity index (χ4v) is 2.53. The Bertz CT molecular complexity index is 778. The number of rotatable bonds is 6. The second-order valence-electron chi connectivity index (χ2n) is 5.47. The first-order valence-electron chi connectivity index (χ1n) is 7.54. The number of benzene rings is 1. The van der Waals surface area contributed by atoms with Gasteiger partial charge in [0.2, 0.25) is 0 Å². The van der Waals surface area contributed by atoms with Crippen molar-refractivity contribution in [3.63, 3.8) is 0 Å². The van der Waals surface area contributed by atoms with Crippen molar-refractivity contribution in [2.75, 3.05) is 6.54 Å². The van der Waals surface area contributed by atoms with Gasteiger partial charge in [-0.1, -0.05) is 18.2 Å². The lowest BCUT2D eigenvalue weighted by molar-refractivity contribution is -0.384. The Morgan fingerprint density at radius 2 is 2.04 bits per heavy atom. The summed E-state index contributed by atoms with van der Waals surface area (Å²) in [5.41, 5.74) is 3.14. The van der Waals surface area contributed by atoms with Crippen LogP contribution in [0.2, 0.25) is 0 Å². The average Bonchev–Trinajstić information content (AvgIpc) is 2.97. The highest BCUT2D eigenvalue weighted by atomic mass is 16.6. The van der Waals surface area contributed by atoms with Crippen LogP contribution in [0.3, 0.4) is 0 Å². The van der Waals surface area contributed by atoms with Gasteiger partial charge in [-0.3, -0.25) is 10.1 Å². The third-order valence-corrected chi connectivity index (χ3v) is 3.85. The second-order valence-corrected chi connectivity index (χ2v) is 5.47. The maximum atomic E-state index is 10.7. The summed E-state index contributed by atoms with van der Waals surface area (Å²) >= 11 is 0. The molecule has 0 bridgehead atoms. The van der Waals surface area contributed by atoms with Crippen molar-refractivity contribution in [2.24, 2.45) is 0 Å². The van der Waals surface area contributed by atoms with Crippen molar-refractivity contribution in [1.82, 2.24) is 14.7 Å². The molecular weight excluding hydrogens is 292 g/mol. The van der Waals surface area contributed by atoms with Crippen LogP contribution in [-0.2, 0) is 6.42 Å². The number of hydrogen-bond donors (Lipinski definition) is 1. The summed E-state index contributed by atoms with van der Waals surface area (Å²) < 4.78 is 2.01. The van der Waals surface area contributed by atoms with E-state index in [1.165, 1.54) is 12.1 Å². The molecule has 6 nitrogen and oxygen atoms in total. The fraction of sp³-hybridized carbons (Fsp3) is 0.235. The first kappa shape index (κ1) is 15.2. The maximum absolute atomic E-state index is 10.7. The lowest BCUT2D eigenvalue weighted by Gasteiger charge is -2.13. The molecule has 118 valence electrons. The Hall–Kier alpha value is -2.73. The number of nitro groups is 1. The van der Waals surface area contributed by atoms with E-state index in [0.717, 1.165) is 29.9 Å². The molecule has 0 unspecified atom stereocenters. The van der Waals surface area contributed by atoms with Gasteiger partial charge in [0.15, 0.2) is 0 Å². The van der Waals surface area contributed by atoms with Gasteiger partial charge in [0.1, 0.15) is 5.65 Å². The molecule has 0 fully saturated rings. The second kappa shape index (κ2) is 6.58. The van der Waals surface area contributed by atoms with Crippen LogP contribution in [-0.4, -0.2) is 20.9 Å². The number of hydrogen-bond acceptors (Lipinski definition) is 4. The highest BCUT2D eigenvalue weighted by molar-refractivity contribution is 5.39. The third-order valence-electron chi connectivity index (χ3n) is 3.85. The molecule has 2 aromatic heterocycles. The zero-order chi connectivity index (χ0) is 16.2. The lowest BCUT2D eigenvalue weighted by Crippen LogP contribution is -2.21. The van der Waals surface area contributed by atoms with Crippen LogP contribution in [0.25, 0.3) is 5.65 Å². The summed E-state index contributed by atoms with van der Waals surface area (Å²) in [5.74, 6) is 0. The number of imidazole rings is 1. The summed E-state index contributed by atoms with van der Waals surface area (Å²) in [6.45, 7) is 2.84. The predicted octanol–water partition coefficient (Wildman–Crippen LogP) is 3.14. The van der Waals surface area contributed by atoms with E-state index in [9.17, 15) is 10.1 Å². The van der Waals surface area contributed by atoms with E-state index in [-0.39, 0.29) is 16.7 Å². The van der Waals surface area contributed by atoms with Crippen LogP contribution < -0.4 is 5.32 Å². The van der Waals surface area contributed by atoms with Crippen molar-refractivity contribution < 1.29 is 4.92 Å². The molecule has 23 heavy (non-hydrogen) atoms. The number of nitrogens with one attached hydrogen (secondary N) is 1. The summed E-state index contributed by atoms with van der Waals surface area (Å²) in [5, 5.41) is 14.1. The van der Waals surface area contributed by atoms with Crippen LogP contribution in [0, 0.1) is 10.1 Å².